The van der Waals surface area contributed by atoms with Gasteiger partial charge in [-0.25, -0.2) is 0 Å². The molecule has 0 amide bonds. The zero-order valence-electron chi connectivity index (χ0n) is 15.0. The van der Waals surface area contributed by atoms with Gasteiger partial charge >= 0.3 is 0 Å². The van der Waals surface area contributed by atoms with Crippen LogP contribution in [0.3, 0.4) is 0 Å². The van der Waals surface area contributed by atoms with Crippen molar-refractivity contribution in [1.29, 1.82) is 0 Å². The molecular weight excluding hydrogens is 332 g/mol. The molecular formula is C21H22O5. The van der Waals surface area contributed by atoms with Gasteiger partial charge in [0.05, 0.1) is 7.11 Å². The third-order valence-electron chi connectivity index (χ3n) is 3.61. The van der Waals surface area contributed by atoms with Crippen molar-refractivity contribution in [3.63, 3.8) is 0 Å². The van der Waals surface area contributed by atoms with E-state index in [4.69, 9.17) is 9.47 Å². The number of phenolic OH excluding ortho intramolecular Hbond substituents is 2. The van der Waals surface area contributed by atoms with E-state index in [2.05, 4.69) is 0 Å². The van der Waals surface area contributed by atoms with Crippen molar-refractivity contribution in [3.8, 4) is 23.0 Å². The average molecular weight is 354 g/mol. The molecule has 0 aliphatic rings. The average Bonchev–Trinajstić information content (AvgIpc) is 2.62. The molecule has 0 heterocycles. The van der Waals surface area contributed by atoms with Crippen LogP contribution in [-0.2, 0) is 0 Å². The molecule has 0 saturated heterocycles. The van der Waals surface area contributed by atoms with E-state index in [1.54, 1.807) is 6.08 Å². The van der Waals surface area contributed by atoms with E-state index >= 15 is 0 Å². The van der Waals surface area contributed by atoms with E-state index in [1.807, 2.05) is 50.3 Å². The van der Waals surface area contributed by atoms with Crippen molar-refractivity contribution in [1.82, 2.24) is 0 Å². The number of hydrogen-bond acceptors (Lipinski definition) is 5. The SMILES string of the molecule is COc1c(O)c(OCC=C(C)C)cc(O)c1C(=O)C=Cc1ccccc1. The summed E-state index contributed by atoms with van der Waals surface area (Å²) in [7, 11) is 1.31. The topological polar surface area (TPSA) is 76.0 Å². The van der Waals surface area contributed by atoms with Gasteiger partial charge < -0.3 is 19.7 Å². The minimum absolute atomic E-state index is 0.0421. The molecule has 0 aliphatic carbocycles. The standard InChI is InChI=1S/C21H22O5/c1-14(2)11-12-26-18-13-17(23)19(21(25-3)20(18)24)16(22)10-9-15-7-5-4-6-8-15/h4-11,13,23-24H,12H2,1-3H3. The Kier molecular flexibility index (Phi) is 6.44. The molecule has 0 atom stereocenters. The predicted octanol–water partition coefficient (Wildman–Crippen LogP) is 4.35. The summed E-state index contributed by atoms with van der Waals surface area (Å²) in [5, 5.41) is 20.6. The molecule has 136 valence electrons. The number of phenols is 2. The molecule has 0 aliphatic heterocycles. The minimum atomic E-state index is -0.491. The molecule has 0 spiro atoms. The maximum absolute atomic E-state index is 12.5. The zero-order chi connectivity index (χ0) is 19.1. The number of aromatic hydroxyl groups is 2. The van der Waals surface area contributed by atoms with Gasteiger partial charge in [-0.2, -0.15) is 0 Å². The molecule has 2 rings (SSSR count). The molecule has 2 N–H and O–H groups in total. The van der Waals surface area contributed by atoms with Crippen LogP contribution in [-0.4, -0.2) is 29.7 Å². The van der Waals surface area contributed by atoms with E-state index < -0.39 is 5.78 Å². The second kappa shape index (κ2) is 8.76. The van der Waals surface area contributed by atoms with Crippen molar-refractivity contribution < 1.29 is 24.5 Å². The summed E-state index contributed by atoms with van der Waals surface area (Å²) in [4.78, 5) is 12.5. The Morgan fingerprint density at radius 2 is 1.85 bits per heavy atom. The third kappa shape index (κ3) is 4.66. The minimum Gasteiger partial charge on any atom is -0.507 e. The smallest absolute Gasteiger partial charge is 0.201 e. The maximum Gasteiger partial charge on any atom is 0.201 e. The molecule has 0 fully saturated rings. The van der Waals surface area contributed by atoms with Crippen molar-refractivity contribution in [2.75, 3.05) is 13.7 Å². The molecule has 0 radical (unpaired) electrons. The lowest BCUT2D eigenvalue weighted by Gasteiger charge is -2.14. The highest BCUT2D eigenvalue weighted by Crippen LogP contribution is 2.44. The van der Waals surface area contributed by atoms with Gasteiger partial charge in [0, 0.05) is 6.07 Å². The van der Waals surface area contributed by atoms with Crippen LogP contribution < -0.4 is 9.47 Å². The number of hydrogen-bond donors (Lipinski definition) is 2. The molecule has 0 saturated carbocycles. The molecule has 2 aromatic rings. The fourth-order valence-corrected chi connectivity index (χ4v) is 2.28. The van der Waals surface area contributed by atoms with Crippen molar-refractivity contribution >= 4 is 11.9 Å². The lowest BCUT2D eigenvalue weighted by Crippen LogP contribution is -2.03. The van der Waals surface area contributed by atoms with Gasteiger partial charge in [-0.05, 0) is 31.6 Å². The Morgan fingerprint density at radius 1 is 1.15 bits per heavy atom. The summed E-state index contributed by atoms with van der Waals surface area (Å²) in [5.41, 5.74) is 1.77. The fourth-order valence-electron chi connectivity index (χ4n) is 2.28. The zero-order valence-corrected chi connectivity index (χ0v) is 15.0. The first kappa shape index (κ1) is 19.1. The first-order valence-corrected chi connectivity index (χ1v) is 8.10. The van der Waals surface area contributed by atoms with E-state index in [0.29, 0.717) is 0 Å². The van der Waals surface area contributed by atoms with Crippen LogP contribution in [0.15, 0.2) is 54.1 Å². The summed E-state index contributed by atoms with van der Waals surface area (Å²) in [6.45, 7) is 4.06. The molecule has 0 aromatic heterocycles. The normalized spacial score (nSPS) is 10.6. The van der Waals surface area contributed by atoms with Crippen LogP contribution in [0, 0.1) is 0 Å². The Hall–Kier alpha value is -3.21. The molecule has 2 aromatic carbocycles. The second-order valence-electron chi connectivity index (χ2n) is 5.85. The Labute approximate surface area is 152 Å². The Morgan fingerprint density at radius 3 is 2.46 bits per heavy atom. The third-order valence-corrected chi connectivity index (χ3v) is 3.61. The van der Waals surface area contributed by atoms with Crippen LogP contribution in [0.5, 0.6) is 23.0 Å². The van der Waals surface area contributed by atoms with Gasteiger partial charge in [0.15, 0.2) is 17.3 Å². The highest BCUT2D eigenvalue weighted by molar-refractivity contribution is 6.11. The predicted molar refractivity (Wildman–Crippen MR) is 101 cm³/mol. The van der Waals surface area contributed by atoms with Gasteiger partial charge in [-0.3, -0.25) is 4.79 Å². The first-order valence-electron chi connectivity index (χ1n) is 8.10. The molecule has 0 bridgehead atoms. The van der Waals surface area contributed by atoms with Gasteiger partial charge in [0.2, 0.25) is 5.75 Å². The van der Waals surface area contributed by atoms with Crippen molar-refractivity contribution in [2.24, 2.45) is 0 Å². The van der Waals surface area contributed by atoms with Gasteiger partial charge in [0.25, 0.3) is 0 Å². The number of ether oxygens (including phenoxy) is 2. The Bertz CT molecular complexity index is 831. The summed E-state index contributed by atoms with van der Waals surface area (Å²) in [6.07, 6.45) is 4.76. The monoisotopic (exact) mass is 354 g/mol. The van der Waals surface area contributed by atoms with Crippen molar-refractivity contribution in [3.05, 3.63) is 65.3 Å². The van der Waals surface area contributed by atoms with Gasteiger partial charge in [-0.15, -0.1) is 0 Å². The molecule has 0 unspecified atom stereocenters. The number of rotatable bonds is 7. The lowest BCUT2D eigenvalue weighted by molar-refractivity contribution is 0.104. The summed E-state index contributed by atoms with van der Waals surface area (Å²) in [5.74, 6) is -1.23. The number of carbonyl (C=O) groups excluding carboxylic acids is 1. The fraction of sp³-hybridized carbons (Fsp3) is 0.190. The number of carbonyl (C=O) groups is 1. The second-order valence-corrected chi connectivity index (χ2v) is 5.85. The maximum atomic E-state index is 12.5. The lowest BCUT2D eigenvalue weighted by atomic mass is 10.1. The molecule has 5 heteroatoms. The molecule has 5 nitrogen and oxygen atoms in total. The van der Waals surface area contributed by atoms with E-state index in [9.17, 15) is 15.0 Å². The van der Waals surface area contributed by atoms with Crippen molar-refractivity contribution in [2.45, 2.75) is 13.8 Å². The highest BCUT2D eigenvalue weighted by Gasteiger charge is 2.23. The summed E-state index contributed by atoms with van der Waals surface area (Å²) < 4.78 is 10.6. The van der Waals surface area contributed by atoms with E-state index in [-0.39, 0.29) is 35.2 Å². The van der Waals surface area contributed by atoms with Crippen LogP contribution in [0.1, 0.15) is 29.8 Å². The van der Waals surface area contributed by atoms with E-state index in [0.717, 1.165) is 11.1 Å². The summed E-state index contributed by atoms with van der Waals surface area (Å²) >= 11 is 0. The highest BCUT2D eigenvalue weighted by atomic mass is 16.5. The van der Waals surface area contributed by atoms with Gasteiger partial charge in [0.1, 0.15) is 17.9 Å². The number of benzene rings is 2. The van der Waals surface area contributed by atoms with Crippen LogP contribution >= 0.6 is 0 Å². The quantitative estimate of drug-likeness (QED) is 0.335. The largest absolute Gasteiger partial charge is 0.507 e. The van der Waals surface area contributed by atoms with Gasteiger partial charge in [-0.1, -0.05) is 42.0 Å². The first-order chi connectivity index (χ1) is 12.4. The number of allylic oxidation sites excluding steroid dienone is 2. The number of methoxy groups -OCH3 is 1. The summed E-state index contributed by atoms with van der Waals surface area (Å²) in [6, 6.07) is 10.5. The van der Waals surface area contributed by atoms with E-state index in [1.165, 1.54) is 19.3 Å². The Balaban J connectivity index is 2.33. The van der Waals surface area contributed by atoms with Crippen LogP contribution in [0.2, 0.25) is 0 Å². The molecule has 26 heavy (non-hydrogen) atoms. The number of ketones is 1. The van der Waals surface area contributed by atoms with Crippen LogP contribution in [0.25, 0.3) is 6.08 Å². The van der Waals surface area contributed by atoms with Crippen LogP contribution in [0.4, 0.5) is 0 Å².